The van der Waals surface area contributed by atoms with Gasteiger partial charge in [-0.15, -0.1) is 0 Å². The molecule has 0 spiro atoms. The summed E-state index contributed by atoms with van der Waals surface area (Å²) in [7, 11) is 0. The summed E-state index contributed by atoms with van der Waals surface area (Å²) in [4.78, 5) is 26.1. The van der Waals surface area contributed by atoms with E-state index in [1.165, 1.54) is 6.07 Å². The van der Waals surface area contributed by atoms with Crippen LogP contribution < -0.4 is 5.69 Å². The maximum atomic E-state index is 12.2. The summed E-state index contributed by atoms with van der Waals surface area (Å²) < 4.78 is 1.74. The lowest BCUT2D eigenvalue weighted by atomic mass is 10.1. The number of aromatic amines is 1. The first-order chi connectivity index (χ1) is 9.09. The number of benzene rings is 1. The normalized spacial score (nSPS) is 23.0. The molecule has 2 N–H and O–H groups in total. The number of fused-ring (bicyclic) bond motifs is 1. The lowest BCUT2D eigenvalue weighted by Gasteiger charge is -2.17. The minimum atomic E-state index is -1.02. The third-order valence-electron chi connectivity index (χ3n) is 4.13. The highest BCUT2D eigenvalue weighted by molar-refractivity contribution is 6.00. The van der Waals surface area contributed by atoms with Gasteiger partial charge < -0.3 is 10.1 Å². The predicted molar refractivity (Wildman–Crippen MR) is 71.6 cm³/mol. The summed E-state index contributed by atoms with van der Waals surface area (Å²) in [6, 6.07) is 5.19. The number of aromatic carboxylic acids is 1. The van der Waals surface area contributed by atoms with Crippen LogP contribution in [0.15, 0.2) is 23.0 Å². The molecule has 1 aromatic carbocycles. The third kappa shape index (κ3) is 1.77. The second-order valence-electron chi connectivity index (χ2n) is 5.28. The molecule has 19 heavy (non-hydrogen) atoms. The van der Waals surface area contributed by atoms with Gasteiger partial charge in [0.1, 0.15) is 0 Å². The number of rotatable bonds is 2. The van der Waals surface area contributed by atoms with Crippen molar-refractivity contribution in [1.29, 1.82) is 0 Å². The van der Waals surface area contributed by atoms with Crippen LogP contribution in [0.4, 0.5) is 0 Å². The fraction of sp³-hybridized carbons (Fsp3) is 0.429. The molecule has 5 nitrogen and oxygen atoms in total. The van der Waals surface area contributed by atoms with Crippen molar-refractivity contribution in [3.8, 4) is 0 Å². The molecule has 1 heterocycles. The Balaban J connectivity index is 2.26. The number of nitrogens with zero attached hydrogens (tertiary/aromatic N) is 1. The number of H-pyrrole nitrogens is 1. The molecule has 0 saturated heterocycles. The van der Waals surface area contributed by atoms with E-state index >= 15 is 0 Å². The molecule has 2 atom stereocenters. The first-order valence-corrected chi connectivity index (χ1v) is 6.56. The standard InChI is InChI=1S/C14H16N2O3/c1-8-4-2-6-10(8)16-11-7-3-5-9(13(17)18)12(11)15-14(16)19/h3,5,7-8,10H,2,4,6H2,1H3,(H,15,19)(H,17,18). The molecule has 0 amide bonds. The van der Waals surface area contributed by atoms with Crippen molar-refractivity contribution in [2.75, 3.05) is 0 Å². The first kappa shape index (κ1) is 12.0. The van der Waals surface area contributed by atoms with Gasteiger partial charge in [0, 0.05) is 6.04 Å². The van der Waals surface area contributed by atoms with Gasteiger partial charge in [0.25, 0.3) is 0 Å². The van der Waals surface area contributed by atoms with Crippen LogP contribution in [0.3, 0.4) is 0 Å². The largest absolute Gasteiger partial charge is 0.478 e. The molecule has 0 radical (unpaired) electrons. The van der Waals surface area contributed by atoms with Crippen LogP contribution in [-0.4, -0.2) is 20.6 Å². The van der Waals surface area contributed by atoms with Crippen LogP contribution in [0.5, 0.6) is 0 Å². The average molecular weight is 260 g/mol. The summed E-state index contributed by atoms with van der Waals surface area (Å²) in [6.07, 6.45) is 3.21. The van der Waals surface area contributed by atoms with Crippen molar-refractivity contribution in [2.45, 2.75) is 32.2 Å². The van der Waals surface area contributed by atoms with Crippen molar-refractivity contribution >= 4 is 17.0 Å². The summed E-state index contributed by atoms with van der Waals surface area (Å²) in [5.41, 5.74) is 1.07. The van der Waals surface area contributed by atoms with Gasteiger partial charge in [0.15, 0.2) is 0 Å². The van der Waals surface area contributed by atoms with E-state index in [2.05, 4.69) is 11.9 Å². The van der Waals surface area contributed by atoms with Crippen LogP contribution in [0.2, 0.25) is 0 Å². The summed E-state index contributed by atoms with van der Waals surface area (Å²) in [6.45, 7) is 2.14. The van der Waals surface area contributed by atoms with E-state index in [-0.39, 0.29) is 17.3 Å². The van der Waals surface area contributed by atoms with E-state index in [1.54, 1.807) is 10.6 Å². The van der Waals surface area contributed by atoms with Gasteiger partial charge >= 0.3 is 11.7 Å². The number of carboxylic acid groups (broad SMARTS) is 1. The molecule has 2 aromatic rings. The fourth-order valence-corrected chi connectivity index (χ4v) is 3.17. The number of nitrogens with one attached hydrogen (secondary N) is 1. The van der Waals surface area contributed by atoms with Crippen molar-refractivity contribution < 1.29 is 9.90 Å². The molecule has 1 aliphatic carbocycles. The SMILES string of the molecule is CC1CCCC1n1c(=O)[nH]c2c(C(=O)O)cccc21. The van der Waals surface area contributed by atoms with E-state index in [9.17, 15) is 9.59 Å². The number of carbonyl (C=O) groups is 1. The fourth-order valence-electron chi connectivity index (χ4n) is 3.17. The maximum absolute atomic E-state index is 12.2. The molecule has 2 unspecified atom stereocenters. The smallest absolute Gasteiger partial charge is 0.337 e. The number of imidazole rings is 1. The summed E-state index contributed by atoms with van der Waals surface area (Å²) in [5.74, 6) is -0.566. The van der Waals surface area contributed by atoms with Crippen LogP contribution in [0, 0.1) is 5.92 Å². The summed E-state index contributed by atoms with van der Waals surface area (Å²) in [5, 5.41) is 9.17. The number of aromatic nitrogens is 2. The molecule has 1 fully saturated rings. The second kappa shape index (κ2) is 4.26. The molecule has 5 heteroatoms. The molecular formula is C14H16N2O3. The summed E-state index contributed by atoms with van der Waals surface area (Å²) >= 11 is 0. The molecule has 1 saturated carbocycles. The Bertz CT molecular complexity index is 698. The minimum Gasteiger partial charge on any atom is -0.478 e. The highest BCUT2D eigenvalue weighted by Crippen LogP contribution is 2.36. The molecule has 0 bridgehead atoms. The Labute approximate surface area is 109 Å². The van der Waals surface area contributed by atoms with Crippen LogP contribution in [0.25, 0.3) is 11.0 Å². The zero-order chi connectivity index (χ0) is 13.6. The maximum Gasteiger partial charge on any atom is 0.337 e. The average Bonchev–Trinajstić information content (AvgIpc) is 2.90. The monoisotopic (exact) mass is 260 g/mol. The van der Waals surface area contributed by atoms with Gasteiger partial charge in [0.05, 0.1) is 16.6 Å². The van der Waals surface area contributed by atoms with E-state index in [0.717, 1.165) is 19.3 Å². The quantitative estimate of drug-likeness (QED) is 0.870. The zero-order valence-corrected chi connectivity index (χ0v) is 10.7. The molecule has 100 valence electrons. The molecule has 3 rings (SSSR count). The lowest BCUT2D eigenvalue weighted by molar-refractivity contribution is 0.0699. The van der Waals surface area contributed by atoms with Gasteiger partial charge in [-0.05, 0) is 30.9 Å². The van der Waals surface area contributed by atoms with Gasteiger partial charge in [-0.2, -0.15) is 0 Å². The van der Waals surface area contributed by atoms with Crippen molar-refractivity contribution in [3.63, 3.8) is 0 Å². The van der Waals surface area contributed by atoms with Crippen molar-refractivity contribution in [1.82, 2.24) is 9.55 Å². The second-order valence-corrected chi connectivity index (χ2v) is 5.28. The van der Waals surface area contributed by atoms with Gasteiger partial charge in [0.2, 0.25) is 0 Å². The van der Waals surface area contributed by atoms with Gasteiger partial charge in [-0.25, -0.2) is 9.59 Å². The molecule has 1 aromatic heterocycles. The van der Waals surface area contributed by atoms with Crippen molar-refractivity contribution in [3.05, 3.63) is 34.2 Å². The Morgan fingerprint density at radius 1 is 1.42 bits per heavy atom. The zero-order valence-electron chi connectivity index (χ0n) is 10.7. The van der Waals surface area contributed by atoms with E-state index in [4.69, 9.17) is 5.11 Å². The van der Waals surface area contributed by atoms with Crippen molar-refractivity contribution in [2.24, 2.45) is 5.92 Å². The first-order valence-electron chi connectivity index (χ1n) is 6.56. The van der Waals surface area contributed by atoms with Gasteiger partial charge in [-0.3, -0.25) is 4.57 Å². The lowest BCUT2D eigenvalue weighted by Crippen LogP contribution is -2.23. The predicted octanol–water partition coefficient (Wildman–Crippen LogP) is 2.39. The highest BCUT2D eigenvalue weighted by Gasteiger charge is 2.28. The number of hydrogen-bond acceptors (Lipinski definition) is 2. The molecule has 1 aliphatic rings. The topological polar surface area (TPSA) is 75.1 Å². The van der Waals surface area contributed by atoms with Gasteiger partial charge in [-0.1, -0.05) is 19.4 Å². The third-order valence-corrected chi connectivity index (χ3v) is 4.13. The number of carboxylic acids is 1. The minimum absolute atomic E-state index is 0.152. The van der Waals surface area contributed by atoms with Crippen LogP contribution in [-0.2, 0) is 0 Å². The Morgan fingerprint density at radius 3 is 2.84 bits per heavy atom. The number of para-hydroxylation sites is 1. The highest BCUT2D eigenvalue weighted by atomic mass is 16.4. The van der Waals surface area contributed by atoms with Crippen LogP contribution >= 0.6 is 0 Å². The van der Waals surface area contributed by atoms with E-state index in [0.29, 0.717) is 17.0 Å². The van der Waals surface area contributed by atoms with E-state index in [1.807, 2.05) is 6.07 Å². The van der Waals surface area contributed by atoms with Crippen LogP contribution in [0.1, 0.15) is 42.6 Å². The number of hydrogen-bond donors (Lipinski definition) is 2. The van der Waals surface area contributed by atoms with E-state index < -0.39 is 5.97 Å². The Kier molecular flexibility index (Phi) is 2.69. The Morgan fingerprint density at radius 2 is 2.21 bits per heavy atom. The molecule has 0 aliphatic heterocycles. The molecular weight excluding hydrogens is 244 g/mol. The Hall–Kier alpha value is -2.04.